The second-order valence-corrected chi connectivity index (χ2v) is 14.4. The van der Waals surface area contributed by atoms with Crippen molar-refractivity contribution in [3.8, 4) is 0 Å². The summed E-state index contributed by atoms with van der Waals surface area (Å²) in [7, 11) is -3.84. The number of carbonyl (C=O) groups excluding carboxylic acids is 2. The third-order valence-corrected chi connectivity index (χ3v) is 11.6. The molecule has 4 bridgehead atoms. The lowest BCUT2D eigenvalue weighted by atomic mass is 9.47. The van der Waals surface area contributed by atoms with Crippen LogP contribution in [0.25, 0.3) is 0 Å². The average Bonchev–Trinajstić information content (AvgIpc) is 2.82. The summed E-state index contributed by atoms with van der Waals surface area (Å²) < 4.78 is 64.8. The van der Waals surface area contributed by atoms with Crippen LogP contribution in [0.5, 0.6) is 0 Å². The Morgan fingerprint density at radius 2 is 1.72 bits per heavy atom. The molecule has 4 saturated carbocycles. The lowest BCUT2D eigenvalue weighted by Gasteiger charge is -2.59. The van der Waals surface area contributed by atoms with Crippen molar-refractivity contribution >= 4 is 51.7 Å². The van der Waals surface area contributed by atoms with Crippen molar-refractivity contribution in [2.24, 2.45) is 34.8 Å². The van der Waals surface area contributed by atoms with Gasteiger partial charge in [0.05, 0.1) is 27.8 Å². The number of hydrogen-bond acceptors (Lipinski definition) is 6. The Bertz CT molecular complexity index is 1130. The van der Waals surface area contributed by atoms with Gasteiger partial charge in [-0.1, -0.05) is 36.5 Å². The van der Waals surface area contributed by atoms with Crippen LogP contribution in [0, 0.1) is 29.1 Å². The summed E-state index contributed by atoms with van der Waals surface area (Å²) in [5.41, 5.74) is 4.11. The number of rotatable bonds is 6. The molecule has 2 amide bonds. The van der Waals surface area contributed by atoms with E-state index >= 15 is 0 Å². The molecule has 5 fully saturated rings. The second kappa shape index (κ2) is 10.1. The van der Waals surface area contributed by atoms with Gasteiger partial charge in [-0.2, -0.15) is 17.5 Å². The van der Waals surface area contributed by atoms with Crippen LogP contribution in [0.1, 0.15) is 51.0 Å². The summed E-state index contributed by atoms with van der Waals surface area (Å²) in [5.74, 6) is -0.0849. The topological polar surface area (TPSA) is 119 Å². The van der Waals surface area contributed by atoms with E-state index in [1.54, 1.807) is 0 Å². The zero-order valence-electron chi connectivity index (χ0n) is 21.4. The lowest BCUT2D eigenvalue weighted by molar-refractivity contribution is -0.147. The standard InChI is InChI=1S/C25H33Cl2F3N4O4S/c1-2-13-10-33(39(37,38)34(11-13)22-18(26)5-17(6-19(22)27)25(28,29)30)12-20(35)32-21-15-3-14-4-16(21)9-24(7-14,8-15)23(31)36/h5-6,13-16,21,37-38H,2-4,7-12H2,1H3,(H2,31,36)(H,32,35). The van der Waals surface area contributed by atoms with Crippen molar-refractivity contribution in [2.45, 2.75) is 57.7 Å². The number of anilines is 1. The first-order chi connectivity index (χ1) is 18.1. The summed E-state index contributed by atoms with van der Waals surface area (Å²) in [6.07, 6.45) is -0.109. The van der Waals surface area contributed by atoms with Gasteiger partial charge in [0.2, 0.25) is 11.8 Å². The summed E-state index contributed by atoms with van der Waals surface area (Å²) >= 11 is 12.4. The van der Waals surface area contributed by atoms with Crippen LogP contribution in [-0.2, 0) is 15.8 Å². The van der Waals surface area contributed by atoms with Gasteiger partial charge >= 0.3 is 6.18 Å². The fourth-order valence-electron chi connectivity index (χ4n) is 7.46. The molecule has 1 aromatic carbocycles. The maximum atomic E-state index is 13.3. The number of alkyl halides is 3. The number of carbonyl (C=O) groups is 2. The molecule has 0 spiro atoms. The highest BCUT2D eigenvalue weighted by atomic mass is 35.5. The average molecular weight is 614 g/mol. The van der Waals surface area contributed by atoms with Crippen LogP contribution in [0.4, 0.5) is 18.9 Å². The van der Waals surface area contributed by atoms with E-state index in [-0.39, 0.29) is 71.0 Å². The number of amides is 2. The van der Waals surface area contributed by atoms with E-state index in [4.69, 9.17) is 28.9 Å². The molecule has 1 aromatic rings. The van der Waals surface area contributed by atoms with Gasteiger partial charge in [0.15, 0.2) is 0 Å². The predicted molar refractivity (Wildman–Crippen MR) is 144 cm³/mol. The van der Waals surface area contributed by atoms with Crippen LogP contribution >= 0.6 is 34.2 Å². The van der Waals surface area contributed by atoms with E-state index in [1.807, 2.05) is 6.92 Å². The van der Waals surface area contributed by atoms with Gasteiger partial charge in [-0.05, 0) is 78.9 Å². The molecule has 0 aromatic heterocycles. The zero-order valence-corrected chi connectivity index (χ0v) is 23.7. The Morgan fingerprint density at radius 1 is 1.13 bits per heavy atom. The minimum atomic E-state index is -4.68. The fourth-order valence-corrected chi connectivity index (χ4v) is 10.1. The number of nitrogens with zero attached hydrogens (tertiary/aromatic N) is 2. The van der Waals surface area contributed by atoms with E-state index in [0.29, 0.717) is 37.3 Å². The second-order valence-electron chi connectivity index (χ2n) is 11.6. The van der Waals surface area contributed by atoms with E-state index in [1.165, 1.54) is 4.31 Å². The van der Waals surface area contributed by atoms with Gasteiger partial charge in [-0.25, -0.2) is 0 Å². The van der Waals surface area contributed by atoms with Crippen molar-refractivity contribution in [1.29, 1.82) is 0 Å². The molecule has 3 unspecified atom stereocenters. The Hall–Kier alpha value is -1.44. The number of nitrogens with one attached hydrogen (secondary N) is 1. The number of hydrogen-bond donors (Lipinski definition) is 4. The highest BCUT2D eigenvalue weighted by molar-refractivity contribution is 8.23. The molecule has 3 atom stereocenters. The van der Waals surface area contributed by atoms with Crippen LogP contribution in [0.2, 0.25) is 10.0 Å². The van der Waals surface area contributed by atoms with E-state index in [0.717, 1.165) is 23.6 Å². The summed E-state index contributed by atoms with van der Waals surface area (Å²) in [6, 6.07) is 1.29. The van der Waals surface area contributed by atoms with Crippen molar-refractivity contribution in [3.05, 3.63) is 27.7 Å². The number of benzene rings is 1. The molecule has 218 valence electrons. The Labute approximate surface area is 237 Å². The van der Waals surface area contributed by atoms with Crippen molar-refractivity contribution in [1.82, 2.24) is 9.62 Å². The van der Waals surface area contributed by atoms with Crippen molar-refractivity contribution < 1.29 is 31.9 Å². The first kappa shape index (κ1) is 29.1. The molecule has 1 saturated heterocycles. The summed E-state index contributed by atoms with van der Waals surface area (Å²) in [5, 5.41) is 2.36. The zero-order chi connectivity index (χ0) is 28.5. The molecule has 0 radical (unpaired) electrons. The van der Waals surface area contributed by atoms with Gasteiger partial charge in [-0.15, -0.1) is 0 Å². The minimum Gasteiger partial charge on any atom is -0.369 e. The van der Waals surface area contributed by atoms with Crippen LogP contribution in [0.15, 0.2) is 12.1 Å². The quantitative estimate of drug-likeness (QED) is 0.335. The molecular formula is C25H33Cl2F3N4O4S. The molecule has 1 aliphatic heterocycles. The highest BCUT2D eigenvalue weighted by Crippen LogP contribution is 2.60. The van der Waals surface area contributed by atoms with Gasteiger partial charge in [0.25, 0.3) is 0 Å². The summed E-state index contributed by atoms with van der Waals surface area (Å²) in [6.45, 7) is 1.86. The highest BCUT2D eigenvalue weighted by Gasteiger charge is 2.58. The Morgan fingerprint density at radius 3 is 2.23 bits per heavy atom. The molecular weight excluding hydrogens is 580 g/mol. The van der Waals surface area contributed by atoms with Gasteiger partial charge in [0, 0.05) is 24.5 Å². The molecule has 5 aliphatic rings. The first-order valence-electron chi connectivity index (χ1n) is 13.1. The van der Waals surface area contributed by atoms with Gasteiger partial charge < -0.3 is 11.1 Å². The third-order valence-electron chi connectivity index (χ3n) is 9.14. The smallest absolute Gasteiger partial charge is 0.369 e. The Kier molecular flexibility index (Phi) is 7.55. The largest absolute Gasteiger partial charge is 0.416 e. The maximum Gasteiger partial charge on any atom is 0.416 e. The Balaban J connectivity index is 1.34. The van der Waals surface area contributed by atoms with E-state index < -0.39 is 28.1 Å². The van der Waals surface area contributed by atoms with Crippen molar-refractivity contribution in [2.75, 3.05) is 23.9 Å². The van der Waals surface area contributed by atoms with Crippen LogP contribution in [-0.4, -0.2) is 50.9 Å². The van der Waals surface area contributed by atoms with E-state index in [9.17, 15) is 31.9 Å². The summed E-state index contributed by atoms with van der Waals surface area (Å²) in [4.78, 5) is 25.5. The van der Waals surface area contributed by atoms with Crippen LogP contribution in [0.3, 0.4) is 0 Å². The predicted octanol–water partition coefficient (Wildman–Crippen LogP) is 5.54. The molecule has 5 N–H and O–H groups in total. The van der Waals surface area contributed by atoms with E-state index in [2.05, 4.69) is 5.32 Å². The molecule has 6 rings (SSSR count). The molecule has 1 heterocycles. The fraction of sp³-hybridized carbons (Fsp3) is 0.680. The monoisotopic (exact) mass is 612 g/mol. The first-order valence-corrected chi connectivity index (χ1v) is 15.3. The minimum absolute atomic E-state index is 0.0884. The lowest BCUT2D eigenvalue weighted by Crippen LogP contribution is -2.63. The molecule has 8 nitrogen and oxygen atoms in total. The number of halogens is 5. The van der Waals surface area contributed by atoms with Gasteiger partial charge in [0.1, 0.15) is 0 Å². The van der Waals surface area contributed by atoms with Gasteiger partial charge in [-0.3, -0.25) is 23.0 Å². The SMILES string of the molecule is CCC1CN(CC(=O)NC2C3CC4CC2CC(C(N)=O)(C4)C3)S(O)(O)N(c2c(Cl)cc(C(F)(F)F)cc2Cl)C1. The maximum absolute atomic E-state index is 13.3. The molecule has 14 heteroatoms. The molecule has 4 aliphatic carbocycles. The normalized spacial score (nSPS) is 34.7. The number of primary amides is 1. The van der Waals surface area contributed by atoms with Crippen molar-refractivity contribution in [3.63, 3.8) is 0 Å². The molecule has 39 heavy (non-hydrogen) atoms. The third kappa shape index (κ3) is 5.21. The van der Waals surface area contributed by atoms with Crippen LogP contribution < -0.4 is 15.4 Å². The number of nitrogens with two attached hydrogens (primary N) is 1.